The molecule has 43 heteroatoms. The Balaban J connectivity index is 0.000000196. The number of hydrogen-bond donors (Lipinski definition) is 12. The van der Waals surface area contributed by atoms with Crippen LogP contribution in [-0.4, -0.2) is 300 Å². The average molecular weight is 2010 g/mol. The van der Waals surface area contributed by atoms with Gasteiger partial charge in [0.1, 0.15) is 46.7 Å². The molecule has 2 aromatic heterocycles. The van der Waals surface area contributed by atoms with E-state index in [0.29, 0.717) is 147 Å². The standard InChI is InChI=1S/C49H54F2N8O10.C28H39N5O6.C21H17F2N3O5.CH4.2H2S/c50-32-23-30(24-33(51)27-32)29-53-46(65)49(67)11-17-58(47(49)66)35-2-4-38-31(25-35)26-39(54-38)45(64)57-15-9-48(10-16-57)7-13-56(14-8-48)18-20-69-22-21-68-19-12-52-34-1-3-36-37(28-34)44(63)59(43(36)62)40-5-6-41(60)55-42(40)61;34-24-4-3-23(25(35)31-24)33-26(36)21-2-1-20(19-22(21)27(33)37)30-11-15-38-17-18-39-16-14-32-12-7-28(8-13-32)5-9-29-10-6-28;22-13-5-11(6-14(23)9-13)10-24-19(29)21(31)3-4-26(20(21)30)15-1-2-16-12(7-15)8-17(25-16)18(27)28;;;/h1-4,23-28,40,52,54,67H,5-22,29H2,(H,53,65)(H,55,60,61);1-2,19,23,29-30H,3-18H2,(H,31,34,35);1-2,5-9,25,31H,3-4,10H2,(H,24,29)(H,27,28);1H4;2*1H2/t40?,49-;;21-;;;/m0.0.../s1. The van der Waals surface area contributed by atoms with Crippen molar-refractivity contribution in [1.82, 2.24) is 61.1 Å². The van der Waals surface area contributed by atoms with Crippen LogP contribution < -0.4 is 47.0 Å². The third-order valence-electron chi connectivity index (χ3n) is 27.9. The van der Waals surface area contributed by atoms with Crippen molar-refractivity contribution in [3.63, 3.8) is 0 Å². The van der Waals surface area contributed by atoms with Crippen molar-refractivity contribution >= 4 is 154 Å². The molecule has 8 fully saturated rings. The van der Waals surface area contributed by atoms with Gasteiger partial charge in [0.15, 0.2) is 0 Å². The van der Waals surface area contributed by atoms with Gasteiger partial charge in [-0.15, -0.1) is 0 Å². The number of aromatic nitrogens is 2. The van der Waals surface area contributed by atoms with Gasteiger partial charge in [0, 0.05) is 148 Å². The Kier molecular flexibility index (Phi) is 35.1. The normalized spacial score (nSPS) is 21.0. The highest BCUT2D eigenvalue weighted by atomic mass is 32.1. The number of aromatic amines is 2. The lowest BCUT2D eigenvalue weighted by molar-refractivity contribution is -0.150. The molecule has 8 saturated heterocycles. The van der Waals surface area contributed by atoms with Crippen LogP contribution in [0.1, 0.15) is 171 Å². The number of amides is 13. The van der Waals surface area contributed by atoms with Crippen LogP contribution in [0.3, 0.4) is 0 Å². The molecule has 10 aliphatic heterocycles. The summed E-state index contributed by atoms with van der Waals surface area (Å²) in [6.07, 6.45) is 9.20. The number of hydrogen-bond acceptors (Lipinski definition) is 25. The number of carboxylic acid groups (broad SMARTS) is 1. The minimum absolute atomic E-state index is 0. The fraction of sp³-hybridized carbons (Fsp3) is 0.455. The summed E-state index contributed by atoms with van der Waals surface area (Å²) in [7, 11) is 0. The number of likely N-dealkylation sites (tertiary alicyclic amines) is 3. The molecular formula is C99H118F4N16O21S2. The van der Waals surface area contributed by atoms with E-state index in [4.69, 9.17) is 24.1 Å². The molecule has 760 valence electrons. The number of fused-ring (bicyclic) bond motifs is 4. The Morgan fingerprint density at radius 1 is 0.423 bits per heavy atom. The number of ether oxygens (including phenoxy) is 4. The molecule has 2 spiro atoms. The van der Waals surface area contributed by atoms with E-state index in [1.54, 1.807) is 78.9 Å². The van der Waals surface area contributed by atoms with Crippen LogP contribution in [0.2, 0.25) is 0 Å². The second-order valence-electron chi connectivity index (χ2n) is 36.7. The van der Waals surface area contributed by atoms with Crippen molar-refractivity contribution in [2.24, 2.45) is 10.8 Å². The first-order chi connectivity index (χ1) is 66.8. The van der Waals surface area contributed by atoms with Gasteiger partial charge in [-0.3, -0.25) is 82.8 Å². The van der Waals surface area contributed by atoms with Crippen molar-refractivity contribution in [3.8, 4) is 0 Å². The second kappa shape index (κ2) is 46.7. The highest BCUT2D eigenvalue weighted by molar-refractivity contribution is 7.59. The Bertz CT molecular complexity index is 6060. The number of carboxylic acids is 1. The third-order valence-corrected chi connectivity index (χ3v) is 27.9. The average Bonchev–Trinajstić information content (AvgIpc) is 1.55. The number of aromatic carboxylic acids is 1. The lowest BCUT2D eigenvalue weighted by Crippen LogP contribution is -2.54. The number of halogens is 4. The summed E-state index contributed by atoms with van der Waals surface area (Å²) < 4.78 is 76.8. The number of H-pyrrole nitrogens is 2. The number of nitrogens with zero attached hydrogens (tertiary/aromatic N) is 7. The van der Waals surface area contributed by atoms with E-state index < -0.39 is 123 Å². The van der Waals surface area contributed by atoms with E-state index in [1.807, 2.05) is 4.90 Å². The molecule has 6 aromatic carbocycles. The molecule has 12 N–H and O–H groups in total. The number of piperidine rings is 6. The van der Waals surface area contributed by atoms with Gasteiger partial charge in [-0.25, -0.2) is 22.4 Å². The highest BCUT2D eigenvalue weighted by Gasteiger charge is 2.54. The monoisotopic (exact) mass is 2010 g/mol. The van der Waals surface area contributed by atoms with Crippen LogP contribution >= 0.6 is 27.0 Å². The number of anilines is 4. The summed E-state index contributed by atoms with van der Waals surface area (Å²) in [5.74, 6) is -12.3. The molecule has 2 unspecified atom stereocenters. The topological polar surface area (TPSA) is 475 Å². The fourth-order valence-electron chi connectivity index (χ4n) is 19.8. The maximum absolute atomic E-state index is 13.7. The maximum atomic E-state index is 13.7. The molecule has 10 aliphatic rings. The van der Waals surface area contributed by atoms with E-state index in [0.717, 1.165) is 99.0 Å². The Hall–Kier alpha value is -12.6. The Morgan fingerprint density at radius 3 is 1.21 bits per heavy atom. The van der Waals surface area contributed by atoms with Crippen LogP contribution in [0.4, 0.5) is 40.3 Å². The first kappa shape index (κ1) is 107. The summed E-state index contributed by atoms with van der Waals surface area (Å²) in [4.78, 5) is 193. The summed E-state index contributed by atoms with van der Waals surface area (Å²) in [5, 5.41) is 51.2. The molecule has 4 atom stereocenters. The van der Waals surface area contributed by atoms with E-state index >= 15 is 0 Å². The minimum atomic E-state index is -2.35. The van der Waals surface area contributed by atoms with Crippen LogP contribution in [-0.2, 0) is 70.4 Å². The van der Waals surface area contributed by atoms with Gasteiger partial charge in [0.2, 0.25) is 34.8 Å². The molecule has 12 heterocycles. The molecule has 0 bridgehead atoms. The van der Waals surface area contributed by atoms with Gasteiger partial charge in [0.05, 0.1) is 75.1 Å². The summed E-state index contributed by atoms with van der Waals surface area (Å²) in [5.41, 5.74) is 1.17. The summed E-state index contributed by atoms with van der Waals surface area (Å²) >= 11 is 0. The van der Waals surface area contributed by atoms with Crippen LogP contribution in [0.25, 0.3) is 21.8 Å². The van der Waals surface area contributed by atoms with Gasteiger partial charge < -0.3 is 95.3 Å². The van der Waals surface area contributed by atoms with Crippen molar-refractivity contribution in [2.75, 3.05) is 165 Å². The highest BCUT2D eigenvalue weighted by Crippen LogP contribution is 2.44. The molecule has 0 saturated carbocycles. The zero-order valence-corrected chi connectivity index (χ0v) is 79.4. The van der Waals surface area contributed by atoms with E-state index in [9.17, 15) is 94.9 Å². The number of rotatable bonds is 32. The molecule has 0 aliphatic carbocycles. The van der Waals surface area contributed by atoms with Crippen molar-refractivity contribution < 1.29 is 119 Å². The molecule has 18 rings (SSSR count). The predicted molar refractivity (Wildman–Crippen MR) is 521 cm³/mol. The number of benzene rings is 6. The summed E-state index contributed by atoms with van der Waals surface area (Å²) in [6, 6.07) is 26.5. The van der Waals surface area contributed by atoms with E-state index in [-0.39, 0.29) is 150 Å². The number of aliphatic hydroxyl groups is 2. The van der Waals surface area contributed by atoms with Crippen molar-refractivity contribution in [3.05, 3.63) is 189 Å². The molecule has 0 radical (unpaired) electrons. The maximum Gasteiger partial charge on any atom is 0.352 e. The number of carbonyl (C=O) groups is 14. The Labute approximate surface area is 828 Å². The predicted octanol–water partition coefficient (Wildman–Crippen LogP) is 6.88. The van der Waals surface area contributed by atoms with E-state index in [1.165, 1.54) is 54.6 Å². The fourth-order valence-corrected chi connectivity index (χ4v) is 19.8. The first-order valence-electron chi connectivity index (χ1n) is 46.8. The number of imide groups is 4. The largest absolute Gasteiger partial charge is 0.477 e. The van der Waals surface area contributed by atoms with Gasteiger partial charge in [-0.1, -0.05) is 7.43 Å². The zero-order chi connectivity index (χ0) is 98.0. The molecule has 8 aromatic rings. The Morgan fingerprint density at radius 2 is 0.803 bits per heavy atom. The lowest BCUT2D eigenvalue weighted by Gasteiger charge is -2.46. The van der Waals surface area contributed by atoms with E-state index in [2.05, 4.69) is 57.0 Å². The van der Waals surface area contributed by atoms with Crippen LogP contribution in [0.5, 0.6) is 0 Å². The zero-order valence-electron chi connectivity index (χ0n) is 77.4. The minimum Gasteiger partial charge on any atom is -0.477 e. The summed E-state index contributed by atoms with van der Waals surface area (Å²) in [6.45, 7) is 14.3. The smallest absolute Gasteiger partial charge is 0.352 e. The number of carbonyl (C=O) groups excluding carboxylic acids is 13. The molecule has 142 heavy (non-hydrogen) atoms. The second-order valence-corrected chi connectivity index (χ2v) is 36.7. The number of nitrogens with one attached hydrogen (secondary N) is 9. The molecule has 13 amide bonds. The van der Waals surface area contributed by atoms with Crippen LogP contribution in [0, 0.1) is 34.1 Å². The van der Waals surface area contributed by atoms with Gasteiger partial charge in [-0.2, -0.15) is 27.0 Å². The first-order valence-corrected chi connectivity index (χ1v) is 46.8. The van der Waals surface area contributed by atoms with Gasteiger partial charge >= 0.3 is 5.97 Å². The van der Waals surface area contributed by atoms with Gasteiger partial charge in [0.25, 0.3) is 53.2 Å². The third kappa shape index (κ3) is 24.3. The molecule has 37 nitrogen and oxygen atoms in total. The quantitative estimate of drug-likeness (QED) is 0.00884. The van der Waals surface area contributed by atoms with Gasteiger partial charge in [-0.05, 0) is 235 Å². The van der Waals surface area contributed by atoms with Crippen molar-refractivity contribution in [2.45, 2.75) is 134 Å². The molecular weight excluding hydrogens is 1890 g/mol. The van der Waals surface area contributed by atoms with Crippen LogP contribution in [0.15, 0.2) is 121 Å². The SMILES string of the molecule is C.O=C(O)c1cc2cc(N3CC[C@](O)(C(=O)NCc4cc(F)cc(F)c4)C3=O)ccc2[nH]1.O=C1CCC(N2C(=O)c3ccc(NCCOCCOCCN4CCC5(CC4)CCN(C(=O)c4cc6cc(N7CC[C@](O)(C(=O)NCc8cc(F)cc(F)c8)C7=O)ccc6[nH]4)CC5)cc3C2=O)C(=O)N1.O=C1CCC(N2C(=O)c3ccc(NCCOCCOCCN4CCC5(CCNCC5)CC4)cc3C2=O)C(=O)N1.S.S. The van der Waals surface area contributed by atoms with Crippen molar-refractivity contribution in [1.29, 1.82) is 0 Å². The lowest BCUT2D eigenvalue weighted by atomic mass is 9.71.